The molecule has 0 spiro atoms. The number of nitrogens with zero attached hydrogens (tertiary/aromatic N) is 5. The van der Waals surface area contributed by atoms with Crippen LogP contribution in [-0.2, 0) is 7.05 Å². The van der Waals surface area contributed by atoms with Crippen molar-refractivity contribution in [2.24, 2.45) is 7.05 Å². The molecular formula is C30H31F3N6O2. The van der Waals surface area contributed by atoms with Gasteiger partial charge in [0.05, 0.1) is 11.9 Å². The number of amides is 1. The molecule has 2 N–H and O–H groups in total. The molecule has 1 unspecified atom stereocenters. The Kier molecular flexibility index (Phi) is 7.24. The number of benzene rings is 1. The van der Waals surface area contributed by atoms with Crippen LogP contribution in [0.4, 0.5) is 18.9 Å². The Labute approximate surface area is 235 Å². The highest BCUT2D eigenvalue weighted by atomic mass is 19.1. The van der Waals surface area contributed by atoms with E-state index in [1.165, 1.54) is 23.2 Å². The smallest absolute Gasteiger partial charge is 0.293 e. The third kappa shape index (κ3) is 4.80. The lowest BCUT2D eigenvalue weighted by molar-refractivity contribution is 0.0827. The summed E-state index contributed by atoms with van der Waals surface area (Å²) in [6.45, 7) is 5.06. The van der Waals surface area contributed by atoms with Crippen molar-refractivity contribution in [2.45, 2.75) is 26.3 Å². The molecule has 0 aliphatic carbocycles. The van der Waals surface area contributed by atoms with E-state index in [9.17, 15) is 18.4 Å². The van der Waals surface area contributed by atoms with Gasteiger partial charge in [0.25, 0.3) is 11.5 Å². The molecule has 1 aromatic carbocycles. The molecule has 5 rings (SSSR count). The number of carbonyl (C=O) groups excluding carboxylic acids is 1. The number of carbonyl (C=O) groups is 1. The second kappa shape index (κ2) is 10.5. The van der Waals surface area contributed by atoms with E-state index >= 15 is 4.39 Å². The van der Waals surface area contributed by atoms with Gasteiger partial charge >= 0.3 is 0 Å². The molecule has 1 amide bonds. The van der Waals surface area contributed by atoms with Crippen LogP contribution in [0.15, 0.2) is 47.5 Å². The van der Waals surface area contributed by atoms with E-state index in [1.54, 1.807) is 20.2 Å². The standard InChI is InChI=1S/C30H31F3N6O2/c1-16-12-19(29(40)36(3)4)13-21(31)25(16)18-7-10-38(11-8-18)17(2)24-14-20-23(6-9-35-28(20)37(24)5)39-15-22(32)27(34)26(33)30(39)41/h6-7,9,12-15,17H,8,10-11,34H2,1-5H3. The molecule has 4 heterocycles. The van der Waals surface area contributed by atoms with E-state index in [2.05, 4.69) is 9.88 Å². The summed E-state index contributed by atoms with van der Waals surface area (Å²) in [5.74, 6) is -3.04. The van der Waals surface area contributed by atoms with Gasteiger partial charge in [-0.1, -0.05) is 6.08 Å². The predicted octanol–water partition coefficient (Wildman–Crippen LogP) is 4.58. The summed E-state index contributed by atoms with van der Waals surface area (Å²) < 4.78 is 46.5. The maximum absolute atomic E-state index is 15.2. The van der Waals surface area contributed by atoms with Gasteiger partial charge in [-0.3, -0.25) is 19.1 Å². The Hall–Kier alpha value is -4.38. The molecule has 11 heteroatoms. The van der Waals surface area contributed by atoms with Gasteiger partial charge in [-0.25, -0.2) is 13.8 Å². The van der Waals surface area contributed by atoms with E-state index in [0.29, 0.717) is 47.2 Å². The number of anilines is 1. The summed E-state index contributed by atoms with van der Waals surface area (Å²) >= 11 is 0. The fraction of sp³-hybridized carbons (Fsp3) is 0.300. The number of aromatic nitrogens is 3. The van der Waals surface area contributed by atoms with Gasteiger partial charge in [-0.2, -0.15) is 4.39 Å². The van der Waals surface area contributed by atoms with Crippen molar-refractivity contribution >= 4 is 28.2 Å². The monoisotopic (exact) mass is 564 g/mol. The molecule has 4 aromatic rings. The molecular weight excluding hydrogens is 533 g/mol. The summed E-state index contributed by atoms with van der Waals surface area (Å²) in [6.07, 6.45) is 4.97. The zero-order chi connectivity index (χ0) is 29.7. The molecule has 0 saturated heterocycles. The van der Waals surface area contributed by atoms with E-state index in [0.717, 1.165) is 22.0 Å². The lowest BCUT2D eigenvalue weighted by Gasteiger charge is -2.32. The van der Waals surface area contributed by atoms with Crippen molar-refractivity contribution in [3.8, 4) is 5.69 Å². The van der Waals surface area contributed by atoms with Gasteiger partial charge in [0.2, 0.25) is 5.82 Å². The van der Waals surface area contributed by atoms with Crippen molar-refractivity contribution in [3.63, 3.8) is 0 Å². The van der Waals surface area contributed by atoms with Crippen LogP contribution in [0.2, 0.25) is 0 Å². The number of aryl methyl sites for hydroxylation is 2. The lowest BCUT2D eigenvalue weighted by atomic mass is 9.92. The lowest BCUT2D eigenvalue weighted by Crippen LogP contribution is -2.32. The highest BCUT2D eigenvalue weighted by Gasteiger charge is 2.26. The van der Waals surface area contributed by atoms with E-state index < -0.39 is 28.7 Å². The number of rotatable bonds is 5. The fourth-order valence-electron chi connectivity index (χ4n) is 5.57. The summed E-state index contributed by atoms with van der Waals surface area (Å²) in [5, 5.41) is 0.556. The maximum atomic E-state index is 15.2. The molecule has 0 saturated carbocycles. The van der Waals surface area contributed by atoms with Crippen LogP contribution >= 0.6 is 0 Å². The third-order valence-electron chi connectivity index (χ3n) is 7.82. The summed E-state index contributed by atoms with van der Waals surface area (Å²) in [7, 11) is 5.11. The first-order valence-corrected chi connectivity index (χ1v) is 13.2. The summed E-state index contributed by atoms with van der Waals surface area (Å²) in [4.78, 5) is 33.0. The van der Waals surface area contributed by atoms with Crippen LogP contribution < -0.4 is 11.3 Å². The molecule has 1 aliphatic heterocycles. The summed E-state index contributed by atoms with van der Waals surface area (Å²) in [6, 6.07) is 6.32. The van der Waals surface area contributed by atoms with Crippen molar-refractivity contribution in [3.05, 3.63) is 92.9 Å². The molecule has 8 nitrogen and oxygen atoms in total. The molecule has 1 aliphatic rings. The molecule has 0 bridgehead atoms. The minimum absolute atomic E-state index is 0.0949. The van der Waals surface area contributed by atoms with Gasteiger partial charge in [-0.15, -0.1) is 0 Å². The van der Waals surface area contributed by atoms with Gasteiger partial charge < -0.3 is 15.2 Å². The van der Waals surface area contributed by atoms with Crippen molar-refractivity contribution in [1.82, 2.24) is 23.9 Å². The minimum atomic E-state index is -1.35. The molecule has 0 radical (unpaired) electrons. The average Bonchev–Trinajstić information content (AvgIpc) is 3.29. The van der Waals surface area contributed by atoms with Crippen LogP contribution in [0, 0.1) is 24.4 Å². The van der Waals surface area contributed by atoms with E-state index in [-0.39, 0.29) is 17.6 Å². The minimum Gasteiger partial charge on any atom is -0.394 e. The van der Waals surface area contributed by atoms with E-state index in [4.69, 9.17) is 5.73 Å². The second-order valence-corrected chi connectivity index (χ2v) is 10.6. The Balaban J connectivity index is 1.45. The van der Waals surface area contributed by atoms with Crippen LogP contribution in [0.5, 0.6) is 0 Å². The van der Waals surface area contributed by atoms with Gasteiger partial charge in [0, 0.05) is 68.7 Å². The molecule has 0 fully saturated rings. The van der Waals surface area contributed by atoms with Crippen LogP contribution in [-0.4, -0.2) is 57.0 Å². The SMILES string of the molecule is Cc1cc(C(=O)N(C)C)cc(F)c1C1=CCN(C(C)c2cc3c(-n4cc(F)c(N)c(F)c4=O)ccnc3n2C)CC1. The number of pyridine rings is 2. The zero-order valence-corrected chi connectivity index (χ0v) is 23.5. The average molecular weight is 565 g/mol. The van der Waals surface area contributed by atoms with Crippen molar-refractivity contribution < 1.29 is 18.0 Å². The first-order valence-electron chi connectivity index (χ1n) is 13.2. The first-order chi connectivity index (χ1) is 19.4. The van der Waals surface area contributed by atoms with Crippen molar-refractivity contribution in [1.29, 1.82) is 0 Å². The summed E-state index contributed by atoms with van der Waals surface area (Å²) in [5.41, 5.74) is 7.65. The van der Waals surface area contributed by atoms with E-state index in [1.807, 2.05) is 37.6 Å². The second-order valence-electron chi connectivity index (χ2n) is 10.6. The number of halogens is 3. The predicted molar refractivity (Wildman–Crippen MR) is 152 cm³/mol. The van der Waals surface area contributed by atoms with Gasteiger partial charge in [0.15, 0.2) is 5.82 Å². The number of nitrogens with two attached hydrogens (primary N) is 1. The Morgan fingerprint density at radius 3 is 2.51 bits per heavy atom. The molecule has 41 heavy (non-hydrogen) atoms. The number of hydrogen-bond donors (Lipinski definition) is 1. The molecule has 214 valence electrons. The van der Waals surface area contributed by atoms with Gasteiger partial charge in [-0.05, 0) is 55.7 Å². The quantitative estimate of drug-likeness (QED) is 0.383. The van der Waals surface area contributed by atoms with Crippen molar-refractivity contribution in [2.75, 3.05) is 32.9 Å². The fourth-order valence-corrected chi connectivity index (χ4v) is 5.57. The largest absolute Gasteiger partial charge is 0.394 e. The van der Waals surface area contributed by atoms with Gasteiger partial charge in [0.1, 0.15) is 17.2 Å². The Morgan fingerprint density at radius 2 is 1.88 bits per heavy atom. The maximum Gasteiger partial charge on any atom is 0.293 e. The van der Waals surface area contributed by atoms with Crippen LogP contribution in [0.25, 0.3) is 22.3 Å². The third-order valence-corrected chi connectivity index (χ3v) is 7.82. The number of fused-ring (bicyclic) bond motifs is 1. The number of nitrogen functional groups attached to an aromatic ring is 1. The number of hydrogen-bond acceptors (Lipinski definition) is 5. The Bertz CT molecular complexity index is 1770. The topological polar surface area (TPSA) is 89.4 Å². The first kappa shape index (κ1) is 28.2. The normalized spacial score (nSPS) is 14.8. The highest BCUT2D eigenvalue weighted by molar-refractivity contribution is 5.94. The van der Waals surface area contributed by atoms with Crippen LogP contribution in [0.1, 0.15) is 46.6 Å². The Morgan fingerprint density at radius 1 is 1.15 bits per heavy atom. The zero-order valence-electron chi connectivity index (χ0n) is 23.5. The highest BCUT2D eigenvalue weighted by Crippen LogP contribution is 2.34. The van der Waals surface area contributed by atoms with Crippen LogP contribution in [0.3, 0.4) is 0 Å². The molecule has 3 aromatic heterocycles. The molecule has 1 atom stereocenters.